The molecule has 1 aromatic carbocycles. The van der Waals surface area contributed by atoms with Crippen LogP contribution in [0.5, 0.6) is 0 Å². The van der Waals surface area contributed by atoms with Crippen molar-refractivity contribution >= 4 is 12.0 Å². The predicted molar refractivity (Wildman–Crippen MR) is 79.4 cm³/mol. The van der Waals surface area contributed by atoms with Crippen molar-refractivity contribution in [3.05, 3.63) is 46.9 Å². The average Bonchev–Trinajstić information content (AvgIpc) is 2.47. The lowest BCUT2D eigenvalue weighted by atomic mass is 9.95. The molecule has 1 heterocycles. The summed E-state index contributed by atoms with van der Waals surface area (Å²) in [5, 5.41) is 2.74. The maximum absolute atomic E-state index is 13.5. The first-order valence-electron chi connectivity index (χ1n) is 7.21. The highest BCUT2D eigenvalue weighted by Crippen LogP contribution is 2.31. The van der Waals surface area contributed by atoms with Crippen LogP contribution in [-0.4, -0.2) is 30.1 Å². The van der Waals surface area contributed by atoms with Gasteiger partial charge in [0.2, 0.25) is 0 Å². The zero-order chi connectivity index (χ0) is 16.3. The fraction of sp³-hybridized carbons (Fsp3) is 0.375. The number of hydrogen-bond donors (Lipinski definition) is 1. The number of urea groups is 1. The van der Waals surface area contributed by atoms with Gasteiger partial charge in [-0.3, -0.25) is 4.90 Å². The molecule has 6 heteroatoms. The highest BCUT2D eigenvalue weighted by atomic mass is 19.1. The van der Waals surface area contributed by atoms with Crippen molar-refractivity contribution in [1.82, 2.24) is 10.2 Å². The summed E-state index contributed by atoms with van der Waals surface area (Å²) in [4.78, 5) is 25.9. The van der Waals surface area contributed by atoms with Gasteiger partial charge >= 0.3 is 12.0 Å². The van der Waals surface area contributed by atoms with E-state index in [4.69, 9.17) is 4.74 Å². The number of carbonyl (C=O) groups excluding carboxylic acids is 2. The van der Waals surface area contributed by atoms with Crippen molar-refractivity contribution in [2.24, 2.45) is 0 Å². The van der Waals surface area contributed by atoms with Gasteiger partial charge < -0.3 is 10.1 Å². The first kappa shape index (κ1) is 16.0. The van der Waals surface area contributed by atoms with Gasteiger partial charge in [-0.1, -0.05) is 12.1 Å². The summed E-state index contributed by atoms with van der Waals surface area (Å²) in [6, 6.07) is 4.79. The standard InChI is InChI=1S/C16H19FN2O3/c1-4-19-10(3)13(15(20)22-5-2)14(18-16(19)21)11-7-6-8-12(17)9-11/h6-9,14H,4-5H2,1-3H3,(H,18,21). The van der Waals surface area contributed by atoms with E-state index in [1.165, 1.54) is 17.0 Å². The molecule has 0 aliphatic carbocycles. The zero-order valence-electron chi connectivity index (χ0n) is 12.9. The largest absolute Gasteiger partial charge is 0.463 e. The molecule has 118 valence electrons. The van der Waals surface area contributed by atoms with Gasteiger partial charge in [0, 0.05) is 12.2 Å². The molecule has 0 saturated heterocycles. The molecule has 0 spiro atoms. The predicted octanol–water partition coefficient (Wildman–Crippen LogP) is 2.75. The van der Waals surface area contributed by atoms with Crippen molar-refractivity contribution in [2.45, 2.75) is 26.8 Å². The maximum Gasteiger partial charge on any atom is 0.338 e. The minimum absolute atomic E-state index is 0.228. The number of nitrogens with zero attached hydrogens (tertiary/aromatic N) is 1. The van der Waals surface area contributed by atoms with Gasteiger partial charge in [0.05, 0.1) is 18.2 Å². The molecule has 1 aliphatic heterocycles. The summed E-state index contributed by atoms with van der Waals surface area (Å²) in [6.07, 6.45) is 0. The number of benzene rings is 1. The van der Waals surface area contributed by atoms with Crippen LogP contribution in [-0.2, 0) is 9.53 Å². The quantitative estimate of drug-likeness (QED) is 0.870. The molecule has 0 bridgehead atoms. The molecule has 1 atom stereocenters. The second kappa shape index (κ2) is 6.60. The van der Waals surface area contributed by atoms with Crippen molar-refractivity contribution in [2.75, 3.05) is 13.2 Å². The van der Waals surface area contributed by atoms with Gasteiger partial charge in [0.1, 0.15) is 5.82 Å². The van der Waals surface area contributed by atoms with Crippen molar-refractivity contribution in [1.29, 1.82) is 0 Å². The number of allylic oxidation sites excluding steroid dienone is 1. The summed E-state index contributed by atoms with van der Waals surface area (Å²) >= 11 is 0. The SMILES string of the molecule is CCOC(=O)C1=C(C)N(CC)C(=O)NC1c1cccc(F)c1. The highest BCUT2D eigenvalue weighted by Gasteiger charge is 2.35. The van der Waals surface area contributed by atoms with Crippen molar-refractivity contribution in [3.63, 3.8) is 0 Å². The number of esters is 1. The number of ether oxygens (including phenoxy) is 1. The number of rotatable bonds is 4. The molecule has 1 unspecified atom stereocenters. The van der Waals surface area contributed by atoms with E-state index in [0.717, 1.165) is 0 Å². The minimum Gasteiger partial charge on any atom is -0.463 e. The lowest BCUT2D eigenvalue weighted by Gasteiger charge is -2.34. The third kappa shape index (κ3) is 2.95. The van der Waals surface area contributed by atoms with Gasteiger partial charge in [-0.15, -0.1) is 0 Å². The third-order valence-corrected chi connectivity index (χ3v) is 3.59. The number of halogens is 1. The summed E-state index contributed by atoms with van der Waals surface area (Å²) in [5.41, 5.74) is 1.36. The molecule has 2 amide bonds. The Hall–Kier alpha value is -2.37. The van der Waals surface area contributed by atoms with E-state index in [-0.39, 0.29) is 12.6 Å². The van der Waals surface area contributed by atoms with E-state index in [1.807, 2.05) is 6.92 Å². The minimum atomic E-state index is -0.718. The first-order valence-corrected chi connectivity index (χ1v) is 7.21. The number of nitrogens with one attached hydrogen (secondary N) is 1. The molecule has 22 heavy (non-hydrogen) atoms. The first-order chi connectivity index (χ1) is 10.5. The Morgan fingerprint density at radius 2 is 2.14 bits per heavy atom. The highest BCUT2D eigenvalue weighted by molar-refractivity contribution is 5.95. The van der Waals surface area contributed by atoms with Crippen LogP contribution in [0, 0.1) is 5.82 Å². The smallest absolute Gasteiger partial charge is 0.338 e. The van der Waals surface area contributed by atoms with Crippen LogP contribution in [0.15, 0.2) is 35.5 Å². The second-order valence-electron chi connectivity index (χ2n) is 4.90. The third-order valence-electron chi connectivity index (χ3n) is 3.59. The van der Waals surface area contributed by atoms with Crippen LogP contribution < -0.4 is 5.32 Å². The number of amides is 2. The van der Waals surface area contributed by atoms with Gasteiger partial charge in [-0.25, -0.2) is 14.0 Å². The number of carbonyl (C=O) groups is 2. The van der Waals surface area contributed by atoms with Gasteiger partial charge in [-0.05, 0) is 38.5 Å². The molecule has 5 nitrogen and oxygen atoms in total. The Morgan fingerprint density at radius 1 is 1.41 bits per heavy atom. The molecule has 1 N–H and O–H groups in total. The molecule has 0 radical (unpaired) electrons. The molecule has 0 aromatic heterocycles. The van der Waals surface area contributed by atoms with Crippen LogP contribution in [0.1, 0.15) is 32.4 Å². The van der Waals surface area contributed by atoms with Crippen molar-refractivity contribution < 1.29 is 18.7 Å². The van der Waals surface area contributed by atoms with E-state index in [9.17, 15) is 14.0 Å². The summed E-state index contributed by atoms with van der Waals surface area (Å²) < 4.78 is 18.6. The lowest BCUT2D eigenvalue weighted by molar-refractivity contribution is -0.139. The monoisotopic (exact) mass is 306 g/mol. The summed E-state index contributed by atoms with van der Waals surface area (Å²) in [5.74, 6) is -0.932. The Bertz CT molecular complexity index is 628. The molecule has 0 saturated carbocycles. The molecule has 2 rings (SSSR count). The molecule has 1 aromatic rings. The second-order valence-corrected chi connectivity index (χ2v) is 4.90. The van der Waals surface area contributed by atoms with Crippen molar-refractivity contribution in [3.8, 4) is 0 Å². The van der Waals surface area contributed by atoms with Gasteiger partial charge in [-0.2, -0.15) is 0 Å². The average molecular weight is 306 g/mol. The number of hydrogen-bond acceptors (Lipinski definition) is 3. The summed E-state index contributed by atoms with van der Waals surface area (Å²) in [7, 11) is 0. The fourth-order valence-corrected chi connectivity index (χ4v) is 2.57. The van der Waals surface area contributed by atoms with E-state index in [1.54, 1.807) is 26.0 Å². The summed E-state index contributed by atoms with van der Waals surface area (Å²) in [6.45, 7) is 5.88. The topological polar surface area (TPSA) is 58.6 Å². The normalized spacial score (nSPS) is 18.3. The van der Waals surface area contributed by atoms with E-state index in [2.05, 4.69) is 5.32 Å². The fourth-order valence-electron chi connectivity index (χ4n) is 2.57. The molecule has 0 fully saturated rings. The van der Waals surface area contributed by atoms with Gasteiger partial charge in [0.15, 0.2) is 0 Å². The Morgan fingerprint density at radius 3 is 2.73 bits per heavy atom. The molecular weight excluding hydrogens is 287 g/mol. The molecule has 1 aliphatic rings. The van der Waals surface area contributed by atoms with Gasteiger partial charge in [0.25, 0.3) is 0 Å². The molecular formula is C16H19FN2O3. The van der Waals surface area contributed by atoms with Crippen LogP contribution in [0.25, 0.3) is 0 Å². The van der Waals surface area contributed by atoms with Crippen LogP contribution >= 0.6 is 0 Å². The van der Waals surface area contributed by atoms with E-state index in [0.29, 0.717) is 23.4 Å². The van der Waals surface area contributed by atoms with Crippen LogP contribution in [0.2, 0.25) is 0 Å². The Kier molecular flexibility index (Phi) is 4.80. The van der Waals surface area contributed by atoms with E-state index >= 15 is 0 Å². The zero-order valence-corrected chi connectivity index (χ0v) is 12.9. The lowest BCUT2D eigenvalue weighted by Crippen LogP contribution is -2.47. The van der Waals surface area contributed by atoms with Crippen LogP contribution in [0.4, 0.5) is 9.18 Å². The maximum atomic E-state index is 13.5. The Labute approximate surface area is 128 Å². The Balaban J connectivity index is 2.53. The van der Waals surface area contributed by atoms with Crippen LogP contribution in [0.3, 0.4) is 0 Å². The van der Waals surface area contributed by atoms with E-state index < -0.39 is 17.8 Å².